The SMILES string of the molecule is COc1cc(C2[OH+]c3cc(O)cc(O)c3C=C2OC2OC(CO)C(O)C(OC3OC(CO)C(O)C(O)C3O)C2O)cc(OC)c1O. The number of aliphatic hydroxyl groups excluding tert-OH is 7. The molecule has 11 unspecified atom stereocenters. The minimum absolute atomic E-state index is 0.0128. The molecule has 0 saturated carbocycles. The van der Waals surface area contributed by atoms with Gasteiger partial charge in [0.1, 0.15) is 65.9 Å². The lowest BCUT2D eigenvalue weighted by Crippen LogP contribution is -2.64. The van der Waals surface area contributed by atoms with Crippen molar-refractivity contribution in [3.63, 3.8) is 0 Å². The number of aromatic hydroxyl groups is 4. The van der Waals surface area contributed by atoms with E-state index in [0.29, 0.717) is 5.56 Å². The average Bonchev–Trinajstić information content (AvgIpc) is 3.04. The normalized spacial score (nSPS) is 34.2. The Balaban J connectivity index is 1.50. The van der Waals surface area contributed by atoms with Gasteiger partial charge in [0.2, 0.25) is 12.0 Å². The van der Waals surface area contributed by atoms with E-state index in [-0.39, 0.29) is 45.8 Å². The number of phenolic OH excluding ortho intramolecular Hbond substituents is 3. The van der Waals surface area contributed by atoms with E-state index in [1.165, 1.54) is 38.5 Å². The number of methoxy groups -OCH3 is 2. The molecular formula is C29H37O17+. The first-order valence-electron chi connectivity index (χ1n) is 14.1. The Bertz CT molecular complexity index is 1390. The molecule has 0 aromatic heterocycles. The molecule has 0 spiro atoms. The Morgan fingerprint density at radius 2 is 1.35 bits per heavy atom. The second-order valence-electron chi connectivity index (χ2n) is 10.9. The van der Waals surface area contributed by atoms with Gasteiger partial charge in [0.25, 0.3) is 11.9 Å². The number of benzene rings is 2. The third-order valence-electron chi connectivity index (χ3n) is 7.98. The van der Waals surface area contributed by atoms with E-state index in [9.17, 15) is 51.1 Å². The van der Waals surface area contributed by atoms with Gasteiger partial charge in [-0.15, -0.1) is 0 Å². The molecular weight excluding hydrogens is 620 g/mol. The third-order valence-corrected chi connectivity index (χ3v) is 7.98. The average molecular weight is 658 g/mol. The van der Waals surface area contributed by atoms with Gasteiger partial charge in [-0.05, 0) is 12.1 Å². The highest BCUT2D eigenvalue weighted by Crippen LogP contribution is 2.48. The van der Waals surface area contributed by atoms with Crippen molar-refractivity contribution in [2.45, 2.75) is 67.5 Å². The Labute approximate surface area is 261 Å². The molecule has 11 atom stereocenters. The summed E-state index contributed by atoms with van der Waals surface area (Å²) in [6, 6.07) is 5.23. The summed E-state index contributed by atoms with van der Waals surface area (Å²) in [5, 5.41) is 104. The van der Waals surface area contributed by atoms with E-state index in [1.807, 2.05) is 0 Å². The molecule has 3 heterocycles. The fourth-order valence-corrected chi connectivity index (χ4v) is 5.48. The summed E-state index contributed by atoms with van der Waals surface area (Å²) < 4.78 is 37.9. The highest BCUT2D eigenvalue weighted by Gasteiger charge is 2.52. The summed E-state index contributed by atoms with van der Waals surface area (Å²) in [7, 11) is 2.63. The summed E-state index contributed by atoms with van der Waals surface area (Å²) in [4.78, 5) is 0. The Morgan fingerprint density at radius 3 is 1.96 bits per heavy atom. The van der Waals surface area contributed by atoms with Crippen LogP contribution in [-0.2, 0) is 18.9 Å². The zero-order chi connectivity index (χ0) is 33.4. The van der Waals surface area contributed by atoms with Crippen LogP contribution in [0.15, 0.2) is 30.0 Å². The largest absolute Gasteiger partial charge is 0.571 e. The molecule has 0 amide bonds. The zero-order valence-electron chi connectivity index (χ0n) is 24.5. The van der Waals surface area contributed by atoms with Crippen LogP contribution in [0.5, 0.6) is 34.5 Å². The standard InChI is InChI=1S/C29H36O17/c1-40-15-3-10(4-16(41-2)20(15)34)26-17(7-12-13(33)5-11(32)6-14(12)42-26)43-29-25(39)27(22(36)19(9-31)45-29)46-28-24(38)23(37)21(35)18(8-30)44-28/h3-7,18-19,21-39H,8-9H2,1-2H3/p+1. The summed E-state index contributed by atoms with van der Waals surface area (Å²) >= 11 is 0. The van der Waals surface area contributed by atoms with Gasteiger partial charge >= 0.3 is 0 Å². The zero-order valence-corrected chi connectivity index (χ0v) is 24.5. The molecule has 0 radical (unpaired) electrons. The summed E-state index contributed by atoms with van der Waals surface area (Å²) in [5.41, 5.74) is 0.448. The molecule has 17 nitrogen and oxygen atoms in total. The first kappa shape index (κ1) is 33.7. The van der Waals surface area contributed by atoms with Crippen LogP contribution >= 0.6 is 0 Å². The van der Waals surface area contributed by atoms with Crippen molar-refractivity contribution in [3.05, 3.63) is 41.2 Å². The molecule has 2 saturated heterocycles. The van der Waals surface area contributed by atoms with Gasteiger partial charge in [0.05, 0.1) is 39.1 Å². The van der Waals surface area contributed by atoms with Crippen molar-refractivity contribution in [1.29, 1.82) is 0 Å². The monoisotopic (exact) mass is 657 g/mol. The molecule has 11 N–H and O–H groups in total. The van der Waals surface area contributed by atoms with Crippen LogP contribution < -0.4 is 9.47 Å². The summed E-state index contributed by atoms with van der Waals surface area (Å²) in [5.74, 6) is -0.831. The highest BCUT2D eigenvalue weighted by molar-refractivity contribution is 5.69. The van der Waals surface area contributed by atoms with Crippen molar-refractivity contribution in [1.82, 2.24) is 0 Å². The smallest absolute Gasteiger partial charge is 0.270 e. The molecule has 2 fully saturated rings. The quantitative estimate of drug-likeness (QED) is 0.128. The number of aliphatic hydroxyl groups is 8. The molecule has 2 aromatic carbocycles. The fraction of sp³-hybridized carbons (Fsp3) is 0.517. The van der Waals surface area contributed by atoms with Gasteiger partial charge < -0.3 is 84.2 Å². The molecule has 0 aliphatic carbocycles. The lowest BCUT2D eigenvalue weighted by atomic mass is 9.96. The van der Waals surface area contributed by atoms with Crippen molar-refractivity contribution in [2.75, 3.05) is 27.4 Å². The highest BCUT2D eigenvalue weighted by atomic mass is 16.7. The van der Waals surface area contributed by atoms with Crippen LogP contribution in [0.4, 0.5) is 0 Å². The number of phenols is 3. The van der Waals surface area contributed by atoms with Crippen molar-refractivity contribution >= 4 is 6.08 Å². The van der Waals surface area contributed by atoms with Crippen molar-refractivity contribution in [2.24, 2.45) is 0 Å². The predicted octanol–water partition coefficient (Wildman–Crippen LogP) is -2.20. The minimum atomic E-state index is -1.87. The molecule has 5 rings (SSSR count). The molecule has 254 valence electrons. The minimum Gasteiger partial charge on any atom is -0.571 e. The first-order chi connectivity index (χ1) is 21.9. The van der Waals surface area contributed by atoms with Crippen LogP contribution in [0.2, 0.25) is 0 Å². The Hall–Kier alpha value is -3.62. The first-order valence-corrected chi connectivity index (χ1v) is 14.1. The summed E-state index contributed by atoms with van der Waals surface area (Å²) in [6.45, 7) is -1.54. The molecule has 46 heavy (non-hydrogen) atoms. The van der Waals surface area contributed by atoms with E-state index in [4.69, 9.17) is 28.4 Å². The maximum absolute atomic E-state index is 11.3. The van der Waals surface area contributed by atoms with E-state index < -0.39 is 80.7 Å². The van der Waals surface area contributed by atoms with E-state index >= 15 is 0 Å². The second kappa shape index (κ2) is 13.6. The van der Waals surface area contributed by atoms with Crippen LogP contribution in [0, 0.1) is 0 Å². The lowest BCUT2D eigenvalue weighted by Gasteiger charge is -2.46. The van der Waals surface area contributed by atoms with Gasteiger partial charge in [0.15, 0.2) is 23.5 Å². The number of rotatable bonds is 9. The topological polar surface area (TPSA) is 270 Å². The van der Waals surface area contributed by atoms with Gasteiger partial charge in [-0.3, -0.25) is 0 Å². The van der Waals surface area contributed by atoms with Crippen molar-refractivity contribution < 1.29 is 84.2 Å². The van der Waals surface area contributed by atoms with E-state index in [2.05, 4.69) is 4.74 Å². The molecule has 3 aliphatic rings. The Kier molecular flexibility index (Phi) is 9.99. The van der Waals surface area contributed by atoms with Gasteiger partial charge in [-0.1, -0.05) is 0 Å². The lowest BCUT2D eigenvalue weighted by molar-refractivity contribution is -0.358. The molecule has 17 heteroatoms. The molecule has 0 bridgehead atoms. The Morgan fingerprint density at radius 1 is 0.739 bits per heavy atom. The van der Waals surface area contributed by atoms with Gasteiger partial charge in [-0.2, -0.15) is 0 Å². The number of hydrogen-bond donors (Lipinski definition) is 10. The number of ether oxygens (including phenoxy) is 7. The number of hydrogen-bond acceptors (Lipinski definition) is 16. The van der Waals surface area contributed by atoms with E-state index in [1.54, 1.807) is 0 Å². The maximum Gasteiger partial charge on any atom is 0.270 e. The maximum atomic E-state index is 11.3. The van der Waals surface area contributed by atoms with Gasteiger partial charge in [-0.25, -0.2) is 0 Å². The summed E-state index contributed by atoms with van der Waals surface area (Å²) in [6.07, 6.45) is -16.6. The van der Waals surface area contributed by atoms with Crippen LogP contribution in [0.1, 0.15) is 17.2 Å². The fourth-order valence-electron chi connectivity index (χ4n) is 5.48. The molecule has 3 aliphatic heterocycles. The van der Waals surface area contributed by atoms with Crippen molar-refractivity contribution in [3.8, 4) is 34.5 Å². The van der Waals surface area contributed by atoms with Crippen LogP contribution in [-0.4, -0.2) is 145 Å². The second-order valence-corrected chi connectivity index (χ2v) is 10.9. The van der Waals surface area contributed by atoms with Crippen LogP contribution in [0.3, 0.4) is 0 Å². The molecule has 2 aromatic rings. The van der Waals surface area contributed by atoms with Crippen LogP contribution in [0.25, 0.3) is 6.08 Å². The van der Waals surface area contributed by atoms with Gasteiger partial charge in [0, 0.05) is 12.1 Å². The third kappa shape index (κ3) is 6.21. The number of fused-ring (bicyclic) bond motifs is 1. The predicted molar refractivity (Wildman–Crippen MR) is 151 cm³/mol. The van der Waals surface area contributed by atoms with E-state index in [0.717, 1.165) is 6.07 Å².